The van der Waals surface area contributed by atoms with Gasteiger partial charge in [-0.25, -0.2) is 0 Å². The normalized spacial score (nSPS) is 12.2. The Balaban J connectivity index is 1.80. The van der Waals surface area contributed by atoms with E-state index in [1.165, 1.54) is 70.7 Å². The van der Waals surface area contributed by atoms with Gasteiger partial charge < -0.3 is 0 Å². The Bertz CT molecular complexity index is 1850. The van der Waals surface area contributed by atoms with E-state index in [-0.39, 0.29) is 0 Å². The quantitative estimate of drug-likeness (QED) is 0.158. The Morgan fingerprint density at radius 1 is 0.676 bits per heavy atom. The molecule has 4 aromatic carbocycles. The molecule has 0 aliphatic heterocycles. The van der Waals surface area contributed by atoms with Crippen molar-refractivity contribution in [3.63, 3.8) is 0 Å². The van der Waals surface area contributed by atoms with Gasteiger partial charge in [-0.1, -0.05) is 0 Å². The number of nitrogens with zero attached hydrogens (tertiary/aromatic N) is 2. The molecule has 2 aromatic heterocycles. The summed E-state index contributed by atoms with van der Waals surface area (Å²) in [4.78, 5) is 0. The molecule has 0 unspecified atom stereocenters. The zero-order valence-corrected chi connectivity index (χ0v) is 25.1. The number of aromatic nitrogens is 2. The van der Waals surface area contributed by atoms with Crippen LogP contribution in [0.15, 0.2) is 84.9 Å². The average molecular weight is 544 g/mol. The van der Waals surface area contributed by atoms with E-state index in [9.17, 15) is 0 Å². The molecule has 0 amide bonds. The summed E-state index contributed by atoms with van der Waals surface area (Å²) in [7, 11) is 2.20. The molecule has 3 heteroatoms. The summed E-state index contributed by atoms with van der Waals surface area (Å²) in [6.45, 7) is 6.67. The van der Waals surface area contributed by atoms with E-state index < -0.39 is 13.3 Å². The third kappa shape index (κ3) is 3.81. The molecule has 0 aliphatic rings. The van der Waals surface area contributed by atoms with E-state index >= 15 is 0 Å². The molecule has 2 heterocycles. The van der Waals surface area contributed by atoms with Gasteiger partial charge in [0.15, 0.2) is 0 Å². The first-order valence-electron chi connectivity index (χ1n) is 13.2. The molecule has 6 rings (SSSR count). The summed E-state index contributed by atoms with van der Waals surface area (Å²) in [6.07, 6.45) is 0. The molecule has 184 valence electrons. The standard InChI is InChI=1S/C34H35GeN2/c1-22-18-23(2)24(3)29(19-22)32-21-34(28-13-9-10-14-30(28)36(32)7)37-31-15-11-8-12-26(31)27-17-16-25(20-33(27)37)35(4,5)6/h8-21H,1-7H3/q+1. The molecular weight excluding hydrogens is 509 g/mol. The number of pyridine rings is 1. The zero-order valence-electron chi connectivity index (χ0n) is 23.0. The Morgan fingerprint density at radius 2 is 1.35 bits per heavy atom. The van der Waals surface area contributed by atoms with Crippen molar-refractivity contribution in [3.05, 3.63) is 102 Å². The van der Waals surface area contributed by atoms with Crippen LogP contribution in [0, 0.1) is 20.8 Å². The third-order valence-corrected chi connectivity index (χ3v) is 12.3. The van der Waals surface area contributed by atoms with Crippen molar-refractivity contribution in [2.45, 2.75) is 38.0 Å². The van der Waals surface area contributed by atoms with E-state index in [1.807, 2.05) is 0 Å². The fourth-order valence-electron chi connectivity index (χ4n) is 5.86. The first kappa shape index (κ1) is 24.0. The summed E-state index contributed by atoms with van der Waals surface area (Å²) < 4.78 is 6.42. The molecule has 0 saturated carbocycles. The fraction of sp³-hybridized carbons (Fsp3) is 0.206. The summed E-state index contributed by atoms with van der Waals surface area (Å²) >= 11 is -2.03. The van der Waals surface area contributed by atoms with Gasteiger partial charge in [-0.3, -0.25) is 0 Å². The van der Waals surface area contributed by atoms with Gasteiger partial charge in [-0.2, -0.15) is 0 Å². The molecule has 37 heavy (non-hydrogen) atoms. The minimum absolute atomic E-state index is 1.24. The van der Waals surface area contributed by atoms with E-state index in [0.29, 0.717) is 0 Å². The number of hydrogen-bond donors (Lipinski definition) is 0. The van der Waals surface area contributed by atoms with Crippen LogP contribution < -0.4 is 8.96 Å². The van der Waals surface area contributed by atoms with Crippen molar-refractivity contribution in [2.24, 2.45) is 7.05 Å². The maximum atomic E-state index is 2.52. The van der Waals surface area contributed by atoms with Crippen molar-refractivity contribution in [3.8, 4) is 16.9 Å². The van der Waals surface area contributed by atoms with Gasteiger partial charge in [0.1, 0.15) is 0 Å². The monoisotopic (exact) mass is 545 g/mol. The Morgan fingerprint density at radius 3 is 2.11 bits per heavy atom. The molecule has 0 atom stereocenters. The van der Waals surface area contributed by atoms with Gasteiger partial charge in [0, 0.05) is 0 Å². The summed E-state index contributed by atoms with van der Waals surface area (Å²) in [6, 6.07) is 32.0. The van der Waals surface area contributed by atoms with Crippen LogP contribution >= 0.6 is 0 Å². The second-order valence-electron chi connectivity index (χ2n) is 11.6. The zero-order chi connectivity index (χ0) is 26.1. The predicted octanol–water partition coefficient (Wildman–Crippen LogP) is 7.90. The Labute approximate surface area is 222 Å². The molecular formula is C34H35GeN2+. The van der Waals surface area contributed by atoms with Gasteiger partial charge in [0.05, 0.1) is 0 Å². The number of rotatable bonds is 3. The minimum atomic E-state index is -2.03. The molecule has 0 bridgehead atoms. The van der Waals surface area contributed by atoms with Crippen LogP contribution in [-0.2, 0) is 7.05 Å². The number of fused-ring (bicyclic) bond motifs is 4. The van der Waals surface area contributed by atoms with Crippen molar-refractivity contribution in [2.75, 3.05) is 0 Å². The van der Waals surface area contributed by atoms with Crippen LogP contribution in [0.2, 0.25) is 17.3 Å². The van der Waals surface area contributed by atoms with Gasteiger partial charge in [-0.15, -0.1) is 0 Å². The summed E-state index contributed by atoms with van der Waals surface area (Å²) in [5, 5.41) is 3.90. The topological polar surface area (TPSA) is 8.81 Å². The number of hydrogen-bond acceptors (Lipinski definition) is 0. The fourth-order valence-corrected chi connectivity index (χ4v) is 8.28. The molecule has 0 fully saturated rings. The molecule has 6 aromatic rings. The maximum absolute atomic E-state index is 2.52. The van der Waals surface area contributed by atoms with E-state index in [0.717, 1.165) is 0 Å². The molecule has 0 saturated heterocycles. The second kappa shape index (κ2) is 8.60. The Kier molecular flexibility index (Phi) is 5.58. The molecule has 2 nitrogen and oxygen atoms in total. The molecule has 0 N–H and O–H groups in total. The third-order valence-electron chi connectivity index (χ3n) is 8.04. The van der Waals surface area contributed by atoms with E-state index in [2.05, 4.69) is 139 Å². The van der Waals surface area contributed by atoms with Gasteiger partial charge in [-0.05, 0) is 0 Å². The van der Waals surface area contributed by atoms with Crippen LogP contribution in [-0.4, -0.2) is 17.8 Å². The molecule has 0 aliphatic carbocycles. The Hall–Kier alpha value is -3.37. The van der Waals surface area contributed by atoms with Gasteiger partial charge in [0.25, 0.3) is 0 Å². The molecule has 0 spiro atoms. The van der Waals surface area contributed by atoms with E-state index in [1.54, 1.807) is 0 Å². The van der Waals surface area contributed by atoms with Crippen LogP contribution in [0.3, 0.4) is 0 Å². The second-order valence-corrected chi connectivity index (χ2v) is 22.2. The van der Waals surface area contributed by atoms with Crippen LogP contribution in [0.5, 0.6) is 0 Å². The number of para-hydroxylation sites is 2. The predicted molar refractivity (Wildman–Crippen MR) is 162 cm³/mol. The van der Waals surface area contributed by atoms with Crippen LogP contribution in [0.25, 0.3) is 49.7 Å². The van der Waals surface area contributed by atoms with Crippen molar-refractivity contribution < 1.29 is 4.57 Å². The van der Waals surface area contributed by atoms with Crippen LogP contribution in [0.1, 0.15) is 16.7 Å². The van der Waals surface area contributed by atoms with Gasteiger partial charge in [0.2, 0.25) is 0 Å². The molecule has 0 radical (unpaired) electrons. The number of benzene rings is 4. The van der Waals surface area contributed by atoms with Crippen molar-refractivity contribution >= 4 is 50.4 Å². The van der Waals surface area contributed by atoms with Crippen molar-refractivity contribution in [1.29, 1.82) is 0 Å². The summed E-state index contributed by atoms with van der Waals surface area (Å²) in [5.41, 5.74) is 11.6. The average Bonchev–Trinajstić information content (AvgIpc) is 3.20. The summed E-state index contributed by atoms with van der Waals surface area (Å²) in [5.74, 6) is 7.44. The van der Waals surface area contributed by atoms with E-state index in [4.69, 9.17) is 0 Å². The SMILES string of the molecule is Cc1cc(C)c(C)c(-c2cc(-n3c4ccccc4c4cc[c]([Ge]([CH3])([CH3])[CH3])cc43)c3ccccc3[n+]2C)c1. The first-order chi connectivity index (χ1) is 17.6. The van der Waals surface area contributed by atoms with Crippen LogP contribution in [0.4, 0.5) is 0 Å². The number of aryl methyl sites for hydroxylation is 3. The van der Waals surface area contributed by atoms with Crippen molar-refractivity contribution in [1.82, 2.24) is 4.57 Å². The first-order valence-corrected chi connectivity index (χ1v) is 20.5. The van der Waals surface area contributed by atoms with Gasteiger partial charge >= 0.3 is 223 Å².